The minimum absolute atomic E-state index is 0.289. The van der Waals surface area contributed by atoms with Gasteiger partial charge < -0.3 is 5.11 Å². The van der Waals surface area contributed by atoms with Crippen LogP contribution in [-0.2, 0) is 11.3 Å². The second kappa shape index (κ2) is 4.28. The molecule has 0 aliphatic heterocycles. The monoisotopic (exact) mass is 236 g/mol. The highest BCUT2D eigenvalue weighted by Gasteiger charge is 2.11. The molecule has 2 heterocycles. The Labute approximate surface area is 94.6 Å². The van der Waals surface area contributed by atoms with Gasteiger partial charge in [0, 0.05) is 11.6 Å². The molecule has 0 radical (unpaired) electrons. The Hall–Kier alpha value is -1.95. The zero-order chi connectivity index (χ0) is 11.5. The molecule has 0 bridgehead atoms. The molecule has 6 heteroatoms. The zero-order valence-corrected chi connectivity index (χ0v) is 8.98. The largest absolute Gasteiger partial charge is 0.480 e. The molecule has 1 N–H and O–H groups in total. The van der Waals surface area contributed by atoms with Crippen LogP contribution in [0.2, 0.25) is 0 Å². The molecule has 0 aliphatic carbocycles. The molecule has 2 aromatic rings. The van der Waals surface area contributed by atoms with Crippen LogP contribution in [0.1, 0.15) is 0 Å². The molecule has 16 heavy (non-hydrogen) atoms. The Balaban J connectivity index is 2.50. The van der Waals surface area contributed by atoms with Crippen LogP contribution >= 0.6 is 11.3 Å². The van der Waals surface area contributed by atoms with Crippen LogP contribution in [0.15, 0.2) is 34.6 Å². The van der Waals surface area contributed by atoms with Gasteiger partial charge in [0.25, 0.3) is 0 Å². The van der Waals surface area contributed by atoms with Crippen molar-refractivity contribution in [3.8, 4) is 11.4 Å². The van der Waals surface area contributed by atoms with Crippen molar-refractivity contribution in [1.82, 2.24) is 9.55 Å². The van der Waals surface area contributed by atoms with Gasteiger partial charge in [-0.05, 0) is 12.1 Å². The molecular weight excluding hydrogens is 228 g/mol. The van der Waals surface area contributed by atoms with Crippen LogP contribution in [-0.4, -0.2) is 20.6 Å². The maximum absolute atomic E-state index is 11.4. The molecule has 0 fully saturated rings. The van der Waals surface area contributed by atoms with E-state index in [0.29, 0.717) is 11.4 Å². The van der Waals surface area contributed by atoms with Gasteiger partial charge >= 0.3 is 10.8 Å². The lowest BCUT2D eigenvalue weighted by Crippen LogP contribution is -2.19. The predicted octanol–water partition coefficient (Wildman–Crippen LogP) is 1.06. The summed E-state index contributed by atoms with van der Waals surface area (Å²) in [4.78, 5) is 25.9. The van der Waals surface area contributed by atoms with Gasteiger partial charge in [0.05, 0.1) is 11.4 Å². The highest BCUT2D eigenvalue weighted by atomic mass is 32.1. The third-order valence-corrected chi connectivity index (χ3v) is 2.77. The first-order chi connectivity index (χ1) is 7.68. The number of pyridine rings is 1. The van der Waals surface area contributed by atoms with Crippen LogP contribution in [0.3, 0.4) is 0 Å². The number of hydrogen-bond acceptors (Lipinski definition) is 4. The van der Waals surface area contributed by atoms with Gasteiger partial charge in [-0.25, -0.2) is 0 Å². The average molecular weight is 236 g/mol. The third-order valence-electron chi connectivity index (χ3n) is 2.00. The van der Waals surface area contributed by atoms with Crippen molar-refractivity contribution in [2.24, 2.45) is 0 Å². The first kappa shape index (κ1) is 10.6. The van der Waals surface area contributed by atoms with Gasteiger partial charge in [-0.3, -0.25) is 19.1 Å². The van der Waals surface area contributed by atoms with E-state index in [1.54, 1.807) is 29.8 Å². The SMILES string of the molecule is O=C(O)Cn1c(-c2ccccn2)csc1=O. The third kappa shape index (κ3) is 2.01. The van der Waals surface area contributed by atoms with E-state index in [9.17, 15) is 9.59 Å². The minimum atomic E-state index is -1.04. The first-order valence-corrected chi connectivity index (χ1v) is 5.38. The Kier molecular flexibility index (Phi) is 2.82. The normalized spacial score (nSPS) is 10.2. The van der Waals surface area contributed by atoms with E-state index >= 15 is 0 Å². The molecule has 0 unspecified atom stereocenters. The molecule has 0 saturated heterocycles. The van der Waals surface area contributed by atoms with Gasteiger partial charge in [-0.1, -0.05) is 17.4 Å². The number of carboxylic acid groups (broad SMARTS) is 1. The summed E-state index contributed by atoms with van der Waals surface area (Å²) in [5, 5.41) is 10.3. The van der Waals surface area contributed by atoms with E-state index in [4.69, 9.17) is 5.11 Å². The van der Waals surface area contributed by atoms with Crippen molar-refractivity contribution in [2.45, 2.75) is 6.54 Å². The molecule has 0 amide bonds. The minimum Gasteiger partial charge on any atom is -0.480 e. The van der Waals surface area contributed by atoms with Crippen molar-refractivity contribution in [1.29, 1.82) is 0 Å². The van der Waals surface area contributed by atoms with Crippen molar-refractivity contribution in [3.05, 3.63) is 39.4 Å². The molecule has 0 atom stereocenters. The maximum Gasteiger partial charge on any atom is 0.323 e. The van der Waals surface area contributed by atoms with E-state index in [1.807, 2.05) is 0 Å². The summed E-state index contributed by atoms with van der Waals surface area (Å²) in [6, 6.07) is 5.28. The number of thiazole rings is 1. The van der Waals surface area contributed by atoms with Crippen LogP contribution in [0.4, 0.5) is 0 Å². The zero-order valence-electron chi connectivity index (χ0n) is 8.16. The lowest BCUT2D eigenvalue weighted by molar-refractivity contribution is -0.137. The van der Waals surface area contributed by atoms with Crippen LogP contribution in [0, 0.1) is 0 Å². The molecule has 0 aliphatic rings. The highest BCUT2D eigenvalue weighted by molar-refractivity contribution is 7.07. The molecular formula is C10H8N2O3S. The molecule has 2 rings (SSSR count). The van der Waals surface area contributed by atoms with E-state index in [2.05, 4.69) is 4.98 Å². The van der Waals surface area contributed by atoms with E-state index in [1.165, 1.54) is 4.57 Å². The van der Waals surface area contributed by atoms with Gasteiger partial charge in [0.15, 0.2) is 0 Å². The Morgan fingerprint density at radius 2 is 2.31 bits per heavy atom. The van der Waals surface area contributed by atoms with Crippen molar-refractivity contribution >= 4 is 17.3 Å². The molecule has 5 nitrogen and oxygen atoms in total. The predicted molar refractivity (Wildman–Crippen MR) is 59.4 cm³/mol. The number of rotatable bonds is 3. The number of carboxylic acids is 1. The Morgan fingerprint density at radius 3 is 2.94 bits per heavy atom. The van der Waals surface area contributed by atoms with Gasteiger partial charge in [-0.2, -0.15) is 0 Å². The fraction of sp³-hybridized carbons (Fsp3) is 0.100. The molecule has 2 aromatic heterocycles. The van der Waals surface area contributed by atoms with Crippen LogP contribution in [0.5, 0.6) is 0 Å². The summed E-state index contributed by atoms with van der Waals surface area (Å²) in [5.74, 6) is -1.04. The summed E-state index contributed by atoms with van der Waals surface area (Å²) in [6.45, 7) is -0.339. The van der Waals surface area contributed by atoms with Crippen molar-refractivity contribution in [3.63, 3.8) is 0 Å². The van der Waals surface area contributed by atoms with E-state index in [0.717, 1.165) is 11.3 Å². The Bertz CT molecular complexity index is 559. The number of aromatic nitrogens is 2. The Morgan fingerprint density at radius 1 is 1.50 bits per heavy atom. The lowest BCUT2D eigenvalue weighted by atomic mass is 10.3. The molecule has 82 valence electrons. The van der Waals surface area contributed by atoms with Crippen molar-refractivity contribution in [2.75, 3.05) is 0 Å². The molecule has 0 spiro atoms. The summed E-state index contributed by atoms with van der Waals surface area (Å²) in [6.07, 6.45) is 1.60. The summed E-state index contributed by atoms with van der Waals surface area (Å²) in [7, 11) is 0. The van der Waals surface area contributed by atoms with Gasteiger partial charge in [-0.15, -0.1) is 0 Å². The van der Waals surface area contributed by atoms with Crippen LogP contribution < -0.4 is 4.87 Å². The fourth-order valence-corrected chi connectivity index (χ4v) is 2.08. The van der Waals surface area contributed by atoms with Crippen molar-refractivity contribution < 1.29 is 9.90 Å². The lowest BCUT2D eigenvalue weighted by Gasteiger charge is -2.03. The summed E-state index contributed by atoms with van der Waals surface area (Å²) < 4.78 is 1.20. The smallest absolute Gasteiger partial charge is 0.323 e. The second-order valence-corrected chi connectivity index (χ2v) is 3.90. The summed E-state index contributed by atoms with van der Waals surface area (Å²) >= 11 is 0.972. The average Bonchev–Trinajstić information content (AvgIpc) is 2.61. The van der Waals surface area contributed by atoms with Gasteiger partial charge in [0.2, 0.25) is 0 Å². The number of carbonyl (C=O) groups is 1. The fourth-order valence-electron chi connectivity index (χ4n) is 1.33. The summed E-state index contributed by atoms with van der Waals surface area (Å²) in [5.41, 5.74) is 1.14. The molecule has 0 aromatic carbocycles. The van der Waals surface area contributed by atoms with E-state index < -0.39 is 5.97 Å². The van der Waals surface area contributed by atoms with Crippen LogP contribution in [0.25, 0.3) is 11.4 Å². The first-order valence-electron chi connectivity index (χ1n) is 4.50. The van der Waals surface area contributed by atoms with E-state index in [-0.39, 0.29) is 11.4 Å². The highest BCUT2D eigenvalue weighted by Crippen LogP contribution is 2.16. The number of aliphatic carboxylic acids is 1. The maximum atomic E-state index is 11.4. The number of hydrogen-bond donors (Lipinski definition) is 1. The topological polar surface area (TPSA) is 72.2 Å². The second-order valence-electron chi connectivity index (χ2n) is 3.08. The standard InChI is InChI=1S/C10H8N2O3S/c13-9(14)5-12-8(6-16-10(12)15)7-3-1-2-4-11-7/h1-4,6H,5H2,(H,13,14). The quantitative estimate of drug-likeness (QED) is 0.864. The van der Waals surface area contributed by atoms with Gasteiger partial charge in [0.1, 0.15) is 6.54 Å². The molecule has 0 saturated carbocycles. The number of nitrogens with zero attached hydrogens (tertiary/aromatic N) is 2.